The zero-order valence-electron chi connectivity index (χ0n) is 23.0. The van der Waals surface area contributed by atoms with Crippen LogP contribution in [-0.4, -0.2) is 48.1 Å². The molecule has 39 heavy (non-hydrogen) atoms. The van der Waals surface area contributed by atoms with Gasteiger partial charge in [0.25, 0.3) is 0 Å². The summed E-state index contributed by atoms with van der Waals surface area (Å²) < 4.78 is 0. The van der Waals surface area contributed by atoms with Crippen molar-refractivity contribution in [2.75, 3.05) is 38.1 Å². The van der Waals surface area contributed by atoms with Gasteiger partial charge in [0.05, 0.1) is 5.69 Å². The van der Waals surface area contributed by atoms with E-state index in [1.54, 1.807) is 0 Å². The van der Waals surface area contributed by atoms with E-state index in [4.69, 9.17) is 0 Å². The molecule has 1 aliphatic carbocycles. The highest BCUT2D eigenvalue weighted by atomic mass is 15.2. The molecule has 5 rings (SSSR count). The molecule has 6 nitrogen and oxygen atoms in total. The first kappa shape index (κ1) is 27.0. The third-order valence-electron chi connectivity index (χ3n) is 7.54. The Labute approximate surface area is 233 Å². The van der Waals surface area contributed by atoms with E-state index in [9.17, 15) is 0 Å². The van der Waals surface area contributed by atoms with Crippen LogP contribution in [-0.2, 0) is 26.1 Å². The first-order chi connectivity index (χ1) is 19.2. The van der Waals surface area contributed by atoms with Crippen molar-refractivity contribution in [3.05, 3.63) is 125 Å². The van der Waals surface area contributed by atoms with E-state index in [0.717, 1.165) is 57.3 Å². The second-order valence-corrected chi connectivity index (χ2v) is 10.4. The highest BCUT2D eigenvalue weighted by molar-refractivity contribution is 5.36. The van der Waals surface area contributed by atoms with Gasteiger partial charge in [-0.2, -0.15) is 0 Å². The van der Waals surface area contributed by atoms with Gasteiger partial charge in [0.1, 0.15) is 5.82 Å². The summed E-state index contributed by atoms with van der Waals surface area (Å²) >= 11 is 0. The van der Waals surface area contributed by atoms with Crippen molar-refractivity contribution < 1.29 is 0 Å². The number of hydrogen-bond acceptors (Lipinski definition) is 6. The fraction of sp³-hybridized carbons (Fsp3) is 0.333. The van der Waals surface area contributed by atoms with Crippen molar-refractivity contribution in [3.8, 4) is 0 Å². The summed E-state index contributed by atoms with van der Waals surface area (Å²) in [6.45, 7) is 6.36. The topological polar surface area (TPSA) is 56.3 Å². The molecule has 1 atom stereocenters. The summed E-state index contributed by atoms with van der Waals surface area (Å²) in [5.74, 6) is 1.01. The maximum absolute atomic E-state index is 4.50. The normalized spacial score (nSPS) is 14.5. The number of nitrogens with zero attached hydrogens (tertiary/aromatic N) is 4. The Balaban J connectivity index is 1.14. The molecule has 6 heteroatoms. The predicted octanol–water partition coefficient (Wildman–Crippen LogP) is 4.98. The number of benzene rings is 2. The van der Waals surface area contributed by atoms with Crippen molar-refractivity contribution in [3.63, 3.8) is 0 Å². The standard InChI is InChI=1S/C33H40N6/c1-38(33-11-5-7-19-36-33)22-23-39(21-20-34-25-30-9-4-6-18-35-30)26-28-14-12-27(13-15-28)24-37-32-17-16-29-8-2-3-10-31(29)32/h2-15,18-19,32,34,37H,16-17,20-26H2,1H3. The number of rotatable bonds is 14. The number of fused-ring (bicyclic) bond motifs is 1. The molecule has 1 unspecified atom stereocenters. The molecule has 0 bridgehead atoms. The van der Waals surface area contributed by atoms with Gasteiger partial charge in [-0.3, -0.25) is 9.88 Å². The van der Waals surface area contributed by atoms with E-state index in [1.165, 1.54) is 35.1 Å². The van der Waals surface area contributed by atoms with Crippen molar-refractivity contribution >= 4 is 5.82 Å². The molecular weight excluding hydrogens is 480 g/mol. The molecule has 2 aromatic carbocycles. The molecule has 0 aliphatic heterocycles. The van der Waals surface area contributed by atoms with Crippen LogP contribution in [0.1, 0.15) is 40.4 Å². The van der Waals surface area contributed by atoms with Crippen LogP contribution in [0.2, 0.25) is 0 Å². The first-order valence-corrected chi connectivity index (χ1v) is 14.1. The van der Waals surface area contributed by atoms with Gasteiger partial charge in [-0.15, -0.1) is 0 Å². The monoisotopic (exact) mass is 520 g/mol. The van der Waals surface area contributed by atoms with Crippen LogP contribution in [0, 0.1) is 0 Å². The summed E-state index contributed by atoms with van der Waals surface area (Å²) in [7, 11) is 2.12. The summed E-state index contributed by atoms with van der Waals surface area (Å²) in [4.78, 5) is 13.7. The Morgan fingerprint density at radius 2 is 1.54 bits per heavy atom. The molecule has 0 saturated heterocycles. The van der Waals surface area contributed by atoms with Gasteiger partial charge < -0.3 is 15.5 Å². The van der Waals surface area contributed by atoms with Gasteiger partial charge >= 0.3 is 0 Å². The molecule has 0 amide bonds. The molecule has 2 heterocycles. The molecular formula is C33H40N6. The SMILES string of the molecule is CN(CCN(CCNCc1ccccn1)Cc1ccc(CNC2CCc3ccccc32)cc1)c1ccccn1. The Bertz CT molecular complexity index is 1260. The number of aromatic nitrogens is 2. The smallest absolute Gasteiger partial charge is 0.128 e. The predicted molar refractivity (Wildman–Crippen MR) is 160 cm³/mol. The van der Waals surface area contributed by atoms with Crippen LogP contribution in [0.5, 0.6) is 0 Å². The molecule has 0 spiro atoms. The Hall–Kier alpha value is -3.58. The molecule has 202 valence electrons. The first-order valence-electron chi connectivity index (χ1n) is 14.1. The second-order valence-electron chi connectivity index (χ2n) is 10.4. The zero-order chi connectivity index (χ0) is 26.7. The largest absolute Gasteiger partial charge is 0.358 e. The van der Waals surface area contributed by atoms with Crippen LogP contribution in [0.4, 0.5) is 5.82 Å². The highest BCUT2D eigenvalue weighted by Gasteiger charge is 2.21. The lowest BCUT2D eigenvalue weighted by Gasteiger charge is -2.26. The van der Waals surface area contributed by atoms with E-state index < -0.39 is 0 Å². The molecule has 4 aromatic rings. The molecule has 2 N–H and O–H groups in total. The second kappa shape index (κ2) is 14.0. The minimum atomic E-state index is 0.464. The number of aryl methyl sites for hydroxylation is 1. The van der Waals surface area contributed by atoms with Crippen LogP contribution in [0.25, 0.3) is 0 Å². The lowest BCUT2D eigenvalue weighted by atomic mass is 10.1. The van der Waals surface area contributed by atoms with Gasteiger partial charge in [0.15, 0.2) is 0 Å². The molecule has 2 aromatic heterocycles. The minimum Gasteiger partial charge on any atom is -0.358 e. The number of pyridine rings is 2. The third-order valence-corrected chi connectivity index (χ3v) is 7.54. The van der Waals surface area contributed by atoms with Gasteiger partial charge in [-0.1, -0.05) is 60.7 Å². The van der Waals surface area contributed by atoms with E-state index in [0.29, 0.717) is 6.04 Å². The maximum Gasteiger partial charge on any atom is 0.128 e. The number of hydrogen-bond donors (Lipinski definition) is 2. The van der Waals surface area contributed by atoms with Crippen LogP contribution in [0.15, 0.2) is 97.3 Å². The van der Waals surface area contributed by atoms with Gasteiger partial charge in [-0.05, 0) is 59.4 Å². The van der Waals surface area contributed by atoms with Crippen LogP contribution < -0.4 is 15.5 Å². The summed E-state index contributed by atoms with van der Waals surface area (Å²) in [5, 5.41) is 7.33. The lowest BCUT2D eigenvalue weighted by Crippen LogP contribution is -2.37. The van der Waals surface area contributed by atoms with Crippen molar-refractivity contribution in [2.24, 2.45) is 0 Å². The van der Waals surface area contributed by atoms with Gasteiger partial charge in [-0.25, -0.2) is 4.98 Å². The van der Waals surface area contributed by atoms with Crippen molar-refractivity contribution in [1.29, 1.82) is 0 Å². The number of likely N-dealkylation sites (N-methyl/N-ethyl adjacent to an activating group) is 1. The lowest BCUT2D eigenvalue weighted by molar-refractivity contribution is 0.270. The maximum atomic E-state index is 4.50. The molecule has 1 aliphatic rings. The zero-order valence-corrected chi connectivity index (χ0v) is 23.0. The fourth-order valence-electron chi connectivity index (χ4n) is 5.24. The molecule has 0 saturated carbocycles. The number of anilines is 1. The van der Waals surface area contributed by atoms with Gasteiger partial charge in [0, 0.05) is 71.3 Å². The van der Waals surface area contributed by atoms with E-state index >= 15 is 0 Å². The Kier molecular flexibility index (Phi) is 9.69. The molecule has 0 fully saturated rings. The van der Waals surface area contributed by atoms with Crippen LogP contribution in [0.3, 0.4) is 0 Å². The highest BCUT2D eigenvalue weighted by Crippen LogP contribution is 2.30. The van der Waals surface area contributed by atoms with E-state index in [-0.39, 0.29) is 0 Å². The van der Waals surface area contributed by atoms with Crippen molar-refractivity contribution in [2.45, 2.75) is 38.5 Å². The number of nitrogens with one attached hydrogen (secondary N) is 2. The quantitative estimate of drug-likeness (QED) is 0.229. The average molecular weight is 521 g/mol. The molecule has 0 radical (unpaired) electrons. The third kappa shape index (κ3) is 7.96. The fourth-order valence-corrected chi connectivity index (χ4v) is 5.24. The average Bonchev–Trinajstić information content (AvgIpc) is 3.41. The summed E-state index contributed by atoms with van der Waals surface area (Å²) in [6, 6.07) is 30.6. The minimum absolute atomic E-state index is 0.464. The summed E-state index contributed by atoms with van der Waals surface area (Å²) in [5.41, 5.74) is 6.71. The Morgan fingerprint density at radius 3 is 2.33 bits per heavy atom. The van der Waals surface area contributed by atoms with Crippen LogP contribution >= 0.6 is 0 Å². The van der Waals surface area contributed by atoms with Gasteiger partial charge in [0.2, 0.25) is 0 Å². The van der Waals surface area contributed by atoms with E-state index in [1.807, 2.05) is 36.7 Å². The van der Waals surface area contributed by atoms with Crippen molar-refractivity contribution in [1.82, 2.24) is 25.5 Å². The summed E-state index contributed by atoms with van der Waals surface area (Å²) in [6.07, 6.45) is 6.07. The Morgan fingerprint density at radius 1 is 0.769 bits per heavy atom. The van der Waals surface area contributed by atoms with E-state index in [2.05, 4.69) is 98.1 Å².